The quantitative estimate of drug-likeness (QED) is 0.718. The molecule has 0 bridgehead atoms. The van der Waals surface area contributed by atoms with Gasteiger partial charge in [0.15, 0.2) is 0 Å². The summed E-state index contributed by atoms with van der Waals surface area (Å²) in [6.07, 6.45) is 0. The van der Waals surface area contributed by atoms with Gasteiger partial charge in [0, 0.05) is 5.56 Å². The lowest BCUT2D eigenvalue weighted by molar-refractivity contribution is -0.255. The Morgan fingerprint density at radius 3 is 2.45 bits per heavy atom. The van der Waals surface area contributed by atoms with E-state index in [1.807, 2.05) is 13.8 Å². The second kappa shape index (κ2) is 7.36. The van der Waals surface area contributed by atoms with Gasteiger partial charge in [-0.25, -0.2) is 9.07 Å². The number of carboxylic acids is 1. The maximum atomic E-state index is 13.3. The van der Waals surface area contributed by atoms with Crippen molar-refractivity contribution in [1.82, 2.24) is 9.78 Å². The summed E-state index contributed by atoms with van der Waals surface area (Å²) in [7, 11) is 0. The molecule has 0 fully saturated rings. The normalized spacial score (nSPS) is 18.7. The van der Waals surface area contributed by atoms with E-state index in [2.05, 4.69) is 10.4 Å². The molecule has 2 atom stereocenters. The lowest BCUT2D eigenvalue weighted by atomic mass is 10.0. The molecule has 1 aromatic heterocycles. The molecule has 1 N–H and O–H groups in total. The molecule has 2 heterocycles. The Hall–Kier alpha value is -3.13. The summed E-state index contributed by atoms with van der Waals surface area (Å²) in [5.41, 5.74) is 3.13. The number of aromatic nitrogens is 2. The van der Waals surface area contributed by atoms with E-state index < -0.39 is 5.97 Å². The second-order valence-electron chi connectivity index (χ2n) is 6.79. The average molecular weight is 410 g/mol. The zero-order valence-electron chi connectivity index (χ0n) is 15.7. The first-order chi connectivity index (χ1) is 13.8. The lowest BCUT2D eigenvalue weighted by Gasteiger charge is -2.18. The molecule has 1 aliphatic heterocycles. The van der Waals surface area contributed by atoms with Crippen LogP contribution < -0.4 is 10.4 Å². The highest BCUT2D eigenvalue weighted by Gasteiger charge is 2.34. The van der Waals surface area contributed by atoms with E-state index in [1.165, 1.54) is 36.0 Å². The summed E-state index contributed by atoms with van der Waals surface area (Å²) in [5.74, 6) is -1.22. The molecule has 2 aromatic carbocycles. The van der Waals surface area contributed by atoms with Crippen molar-refractivity contribution in [2.75, 3.05) is 5.32 Å². The van der Waals surface area contributed by atoms with Crippen molar-refractivity contribution in [3.8, 4) is 5.69 Å². The van der Waals surface area contributed by atoms with Crippen LogP contribution in [0.4, 0.5) is 10.2 Å². The predicted octanol–water partition coefficient (Wildman–Crippen LogP) is 2.85. The van der Waals surface area contributed by atoms with Crippen molar-refractivity contribution < 1.29 is 19.1 Å². The summed E-state index contributed by atoms with van der Waals surface area (Å²) in [6, 6.07) is 12.3. The molecule has 3 aromatic rings. The van der Waals surface area contributed by atoms with Gasteiger partial charge in [0.25, 0.3) is 0 Å². The first-order valence-electron chi connectivity index (χ1n) is 8.98. The number of anilines is 1. The van der Waals surface area contributed by atoms with Crippen LogP contribution in [0.15, 0.2) is 48.5 Å². The molecule has 4 rings (SSSR count). The fourth-order valence-corrected chi connectivity index (χ4v) is 4.66. The van der Waals surface area contributed by atoms with E-state index >= 15 is 0 Å². The lowest BCUT2D eigenvalue weighted by Crippen LogP contribution is -2.22. The van der Waals surface area contributed by atoms with Crippen molar-refractivity contribution in [3.05, 3.63) is 76.7 Å². The number of nitrogens with one attached hydrogen (secondary N) is 1. The Bertz CT molecular complexity index is 1090. The first kappa shape index (κ1) is 19.2. The van der Waals surface area contributed by atoms with Crippen LogP contribution in [0.5, 0.6) is 0 Å². The number of hydrogen-bond acceptors (Lipinski definition) is 5. The Morgan fingerprint density at radius 2 is 1.83 bits per heavy atom. The third-order valence-corrected chi connectivity index (χ3v) is 6.24. The SMILES string of the molecule is Cc1nn(-c2ccc(F)cc2)c2c1[C@H](c1ccc(C(=O)[O-])cc1)S[C@H](C)C(=O)N2. The number of carbonyl (C=O) groups excluding carboxylic acids is 2. The number of carboxylic acid groups (broad SMARTS) is 1. The molecule has 1 amide bonds. The van der Waals surface area contributed by atoms with Crippen LogP contribution in [-0.2, 0) is 4.79 Å². The van der Waals surface area contributed by atoms with Gasteiger partial charge < -0.3 is 15.2 Å². The Morgan fingerprint density at radius 1 is 1.17 bits per heavy atom. The third-order valence-electron chi connectivity index (χ3n) is 4.84. The number of halogens is 1. The molecule has 148 valence electrons. The van der Waals surface area contributed by atoms with Gasteiger partial charge in [-0.15, -0.1) is 11.8 Å². The zero-order chi connectivity index (χ0) is 20.7. The van der Waals surface area contributed by atoms with E-state index in [0.717, 1.165) is 16.8 Å². The maximum Gasteiger partial charge on any atom is 0.238 e. The molecule has 1 aliphatic rings. The summed E-state index contributed by atoms with van der Waals surface area (Å²) in [6.45, 7) is 3.67. The van der Waals surface area contributed by atoms with Crippen molar-refractivity contribution in [2.24, 2.45) is 0 Å². The van der Waals surface area contributed by atoms with E-state index in [9.17, 15) is 19.1 Å². The van der Waals surface area contributed by atoms with Gasteiger partial charge in [-0.2, -0.15) is 5.10 Å². The average Bonchev–Trinajstić information content (AvgIpc) is 2.94. The monoisotopic (exact) mass is 410 g/mol. The number of amides is 1. The molecule has 0 radical (unpaired) electrons. The van der Waals surface area contributed by atoms with E-state index in [4.69, 9.17) is 0 Å². The van der Waals surface area contributed by atoms with Crippen molar-refractivity contribution in [1.29, 1.82) is 0 Å². The number of carbonyl (C=O) groups is 2. The fourth-order valence-electron chi connectivity index (χ4n) is 3.33. The number of benzene rings is 2. The minimum Gasteiger partial charge on any atom is -0.545 e. The molecule has 0 unspecified atom stereocenters. The Kier molecular flexibility index (Phi) is 4.87. The van der Waals surface area contributed by atoms with Crippen LogP contribution in [0, 0.1) is 12.7 Å². The second-order valence-corrected chi connectivity index (χ2v) is 8.24. The summed E-state index contributed by atoms with van der Waals surface area (Å²) in [5, 5.41) is 18.0. The van der Waals surface area contributed by atoms with Crippen LogP contribution in [0.1, 0.15) is 39.4 Å². The highest BCUT2D eigenvalue weighted by Crippen LogP contribution is 2.46. The number of rotatable bonds is 3. The molecular weight excluding hydrogens is 393 g/mol. The number of hydrogen-bond donors (Lipinski definition) is 1. The Balaban J connectivity index is 1.86. The topological polar surface area (TPSA) is 87.1 Å². The third kappa shape index (κ3) is 3.51. The number of thioether (sulfide) groups is 1. The van der Waals surface area contributed by atoms with Gasteiger partial charge >= 0.3 is 0 Å². The summed E-state index contributed by atoms with van der Waals surface area (Å²) in [4.78, 5) is 23.7. The molecule has 0 aliphatic carbocycles. The molecule has 0 saturated carbocycles. The smallest absolute Gasteiger partial charge is 0.238 e. The highest BCUT2D eigenvalue weighted by molar-refractivity contribution is 8.01. The first-order valence-corrected chi connectivity index (χ1v) is 9.92. The molecule has 6 nitrogen and oxygen atoms in total. The van der Waals surface area contributed by atoms with Gasteiger partial charge in [0.2, 0.25) is 5.91 Å². The molecular formula is C21H17FN3O3S-. The van der Waals surface area contributed by atoms with E-state index in [-0.39, 0.29) is 27.8 Å². The van der Waals surface area contributed by atoms with Gasteiger partial charge in [-0.3, -0.25) is 4.79 Å². The Labute approximate surface area is 170 Å². The van der Waals surface area contributed by atoms with Crippen LogP contribution in [0.2, 0.25) is 0 Å². The molecule has 0 spiro atoms. The van der Waals surface area contributed by atoms with Gasteiger partial charge in [-0.05, 0) is 49.2 Å². The predicted molar refractivity (Wildman–Crippen MR) is 107 cm³/mol. The molecule has 8 heteroatoms. The van der Waals surface area contributed by atoms with Crippen LogP contribution in [0.3, 0.4) is 0 Å². The highest BCUT2D eigenvalue weighted by atomic mass is 32.2. The van der Waals surface area contributed by atoms with Crippen LogP contribution in [0.25, 0.3) is 5.69 Å². The number of fused-ring (bicyclic) bond motifs is 1. The molecule has 29 heavy (non-hydrogen) atoms. The van der Waals surface area contributed by atoms with Crippen LogP contribution in [-0.4, -0.2) is 26.9 Å². The largest absolute Gasteiger partial charge is 0.545 e. The fraction of sp³-hybridized carbons (Fsp3) is 0.190. The molecule has 0 saturated heterocycles. The minimum absolute atomic E-state index is 0.0913. The number of aryl methyl sites for hydroxylation is 1. The maximum absolute atomic E-state index is 13.3. The van der Waals surface area contributed by atoms with Crippen molar-refractivity contribution >= 4 is 29.5 Å². The zero-order valence-corrected chi connectivity index (χ0v) is 16.5. The standard InChI is InChI=1S/C21H18FN3O3S/c1-11-17-18(13-3-5-14(6-4-13)21(27)28)29-12(2)20(26)23-19(17)25(24-11)16-9-7-15(22)8-10-16/h3-10,12,18H,1-2H3,(H,23,26)(H,27,28)/p-1/t12-,18+/m1/s1. The van der Waals surface area contributed by atoms with E-state index in [1.54, 1.807) is 28.9 Å². The van der Waals surface area contributed by atoms with E-state index in [0.29, 0.717) is 11.5 Å². The van der Waals surface area contributed by atoms with Gasteiger partial charge in [0.05, 0.1) is 27.9 Å². The van der Waals surface area contributed by atoms with Crippen molar-refractivity contribution in [3.63, 3.8) is 0 Å². The number of nitrogens with zero attached hydrogens (tertiary/aromatic N) is 2. The summed E-state index contributed by atoms with van der Waals surface area (Å²) >= 11 is 1.46. The van der Waals surface area contributed by atoms with Gasteiger partial charge in [0.1, 0.15) is 11.6 Å². The summed E-state index contributed by atoms with van der Waals surface area (Å²) < 4.78 is 14.9. The number of aromatic carboxylic acids is 1. The van der Waals surface area contributed by atoms with Crippen LogP contribution >= 0.6 is 11.8 Å². The van der Waals surface area contributed by atoms with Crippen molar-refractivity contribution in [2.45, 2.75) is 24.3 Å². The van der Waals surface area contributed by atoms with Gasteiger partial charge in [-0.1, -0.05) is 24.3 Å². The minimum atomic E-state index is -1.24.